The molecule has 3 aromatic carbocycles. The van der Waals surface area contributed by atoms with E-state index in [1.807, 2.05) is 0 Å². The molecule has 0 radical (unpaired) electrons. The quantitative estimate of drug-likeness (QED) is 0.338. The number of carbonyl (C=O) groups excluding carboxylic acids is 1. The highest BCUT2D eigenvalue weighted by Gasteiger charge is 2.36. The van der Waals surface area contributed by atoms with Crippen molar-refractivity contribution >= 4 is 43.2 Å². The van der Waals surface area contributed by atoms with Crippen molar-refractivity contribution in [3.63, 3.8) is 0 Å². The maximum absolute atomic E-state index is 13.2. The fourth-order valence-electron chi connectivity index (χ4n) is 3.92. The van der Waals surface area contributed by atoms with E-state index in [1.54, 1.807) is 36.4 Å². The van der Waals surface area contributed by atoms with Crippen molar-refractivity contribution < 1.29 is 31.1 Å². The van der Waals surface area contributed by atoms with Crippen LogP contribution < -0.4 is 9.04 Å². The topological polar surface area (TPSA) is 79.8 Å². The highest BCUT2D eigenvalue weighted by atomic mass is 32.2. The molecule has 0 spiro atoms. The number of hydrogen-bond donors (Lipinski definition) is 0. The molecular formula is C25H20F3N3O4S2. The van der Waals surface area contributed by atoms with Gasteiger partial charge in [-0.1, -0.05) is 35.6 Å². The number of halogens is 3. The number of likely N-dealkylation sites (tertiary alicyclic amines) is 1. The lowest BCUT2D eigenvalue weighted by atomic mass is 10.1. The Labute approximate surface area is 214 Å². The van der Waals surface area contributed by atoms with Crippen LogP contribution in [0.4, 0.5) is 18.9 Å². The number of aromatic nitrogens is 1. The van der Waals surface area contributed by atoms with Crippen LogP contribution in [0.3, 0.4) is 0 Å². The monoisotopic (exact) mass is 547 g/mol. The molecule has 1 aliphatic rings. The average molecular weight is 548 g/mol. The smallest absolute Gasteiger partial charge is 0.418 e. The molecule has 0 saturated carbocycles. The minimum atomic E-state index is -4.52. The predicted molar refractivity (Wildman–Crippen MR) is 133 cm³/mol. The van der Waals surface area contributed by atoms with E-state index >= 15 is 0 Å². The van der Waals surface area contributed by atoms with Crippen LogP contribution in [-0.4, -0.2) is 50.5 Å². The van der Waals surface area contributed by atoms with Gasteiger partial charge >= 0.3 is 6.18 Å². The van der Waals surface area contributed by atoms with Crippen molar-refractivity contribution in [2.45, 2.75) is 17.2 Å². The van der Waals surface area contributed by atoms with E-state index in [1.165, 1.54) is 46.6 Å². The highest BCUT2D eigenvalue weighted by Crippen LogP contribution is 2.38. The molecule has 0 unspecified atom stereocenters. The molecule has 4 aromatic rings. The number of amides is 1. The minimum absolute atomic E-state index is 0.0503. The highest BCUT2D eigenvalue weighted by molar-refractivity contribution is 7.92. The number of anilines is 1. The number of nitrogens with zero attached hydrogens (tertiary/aromatic N) is 3. The largest absolute Gasteiger partial charge is 0.463 e. The van der Waals surface area contributed by atoms with Crippen molar-refractivity contribution in [2.75, 3.05) is 24.4 Å². The van der Waals surface area contributed by atoms with Gasteiger partial charge in [-0.3, -0.25) is 9.10 Å². The van der Waals surface area contributed by atoms with Gasteiger partial charge in [-0.25, -0.2) is 13.4 Å². The van der Waals surface area contributed by atoms with E-state index < -0.39 is 27.9 Å². The number of sulfonamides is 1. The molecule has 37 heavy (non-hydrogen) atoms. The second-order valence-electron chi connectivity index (χ2n) is 8.41. The first-order chi connectivity index (χ1) is 17.5. The van der Waals surface area contributed by atoms with Crippen molar-refractivity contribution in [3.8, 4) is 5.19 Å². The number of thiazole rings is 1. The van der Waals surface area contributed by atoms with Crippen LogP contribution in [-0.2, 0) is 16.2 Å². The SMILES string of the molecule is CN(c1ccccc1)S(=O)(=O)c1ccc(C(=O)N2CC(Oc3nc4c(C(F)(F)F)cccc4s3)C2)cc1. The standard InChI is InChI=1S/C25H20F3N3O4S2/c1-30(17-6-3-2-4-7-17)37(33,34)19-12-10-16(11-13-19)23(32)31-14-18(15-31)35-24-29-22-20(25(26,27)28)8-5-9-21(22)36-24/h2-13,18H,14-15H2,1H3. The van der Waals surface area contributed by atoms with Gasteiger partial charge in [0.2, 0.25) is 0 Å². The number of alkyl halides is 3. The van der Waals surface area contributed by atoms with Crippen LogP contribution in [0.25, 0.3) is 10.2 Å². The second-order valence-corrected chi connectivity index (χ2v) is 11.4. The van der Waals surface area contributed by atoms with E-state index in [2.05, 4.69) is 4.98 Å². The van der Waals surface area contributed by atoms with Gasteiger partial charge in [-0.15, -0.1) is 0 Å². The molecule has 1 amide bonds. The van der Waals surface area contributed by atoms with E-state index in [9.17, 15) is 26.4 Å². The number of benzene rings is 3. The van der Waals surface area contributed by atoms with Gasteiger partial charge in [0.1, 0.15) is 6.10 Å². The summed E-state index contributed by atoms with van der Waals surface area (Å²) in [6.45, 7) is 0.468. The maximum atomic E-state index is 13.2. The molecule has 192 valence electrons. The van der Waals surface area contributed by atoms with Crippen molar-refractivity contribution in [2.24, 2.45) is 0 Å². The lowest BCUT2D eigenvalue weighted by molar-refractivity contribution is -0.136. The normalized spacial score (nSPS) is 14.4. The van der Waals surface area contributed by atoms with Crippen molar-refractivity contribution in [3.05, 3.63) is 83.9 Å². The van der Waals surface area contributed by atoms with Crippen molar-refractivity contribution in [1.29, 1.82) is 0 Å². The summed E-state index contributed by atoms with van der Waals surface area (Å²) in [4.78, 5) is 18.4. The molecule has 0 atom stereocenters. The molecule has 0 aliphatic carbocycles. The molecule has 5 rings (SSSR count). The minimum Gasteiger partial charge on any atom is -0.463 e. The molecule has 7 nitrogen and oxygen atoms in total. The molecule has 1 aromatic heterocycles. The third kappa shape index (κ3) is 4.86. The van der Waals surface area contributed by atoms with Crippen LogP contribution in [0.2, 0.25) is 0 Å². The van der Waals surface area contributed by atoms with Gasteiger partial charge in [0.05, 0.1) is 39.5 Å². The predicted octanol–water partition coefficient (Wildman–Crippen LogP) is 5.04. The Balaban J connectivity index is 1.22. The molecule has 2 heterocycles. The van der Waals surface area contributed by atoms with Crippen LogP contribution in [0.1, 0.15) is 15.9 Å². The molecule has 0 N–H and O–H groups in total. The third-order valence-electron chi connectivity index (χ3n) is 5.99. The molecule has 1 fully saturated rings. The molecule has 12 heteroatoms. The van der Waals surface area contributed by atoms with Gasteiger partial charge in [-0.05, 0) is 48.5 Å². The lowest BCUT2D eigenvalue weighted by Gasteiger charge is -2.38. The Morgan fingerprint density at radius 1 is 1.03 bits per heavy atom. The Hall–Kier alpha value is -3.64. The summed E-state index contributed by atoms with van der Waals surface area (Å²) in [7, 11) is -2.34. The molecule has 1 aliphatic heterocycles. The average Bonchev–Trinajstić information content (AvgIpc) is 3.28. The zero-order valence-electron chi connectivity index (χ0n) is 19.3. The second kappa shape index (κ2) is 9.34. The van der Waals surface area contributed by atoms with Crippen LogP contribution in [0.15, 0.2) is 77.7 Å². The van der Waals surface area contributed by atoms with Gasteiger partial charge in [-0.2, -0.15) is 13.2 Å². The first-order valence-electron chi connectivity index (χ1n) is 11.1. The summed E-state index contributed by atoms with van der Waals surface area (Å²) >= 11 is 1.02. The fraction of sp³-hybridized carbons (Fsp3) is 0.200. The van der Waals surface area contributed by atoms with Crippen LogP contribution >= 0.6 is 11.3 Å². The lowest BCUT2D eigenvalue weighted by Crippen LogP contribution is -2.56. The van der Waals surface area contributed by atoms with Gasteiger partial charge < -0.3 is 9.64 Å². The fourth-order valence-corrected chi connectivity index (χ4v) is 6.02. The van der Waals surface area contributed by atoms with E-state index in [-0.39, 0.29) is 34.6 Å². The number of carbonyl (C=O) groups is 1. The first-order valence-corrected chi connectivity index (χ1v) is 13.4. The number of para-hydroxylation sites is 2. The zero-order valence-corrected chi connectivity index (χ0v) is 21.0. The van der Waals surface area contributed by atoms with Crippen LogP contribution in [0, 0.1) is 0 Å². The summed E-state index contributed by atoms with van der Waals surface area (Å²) in [6, 6.07) is 18.2. The summed E-state index contributed by atoms with van der Waals surface area (Å²) in [5, 5.41) is 0.112. The maximum Gasteiger partial charge on any atom is 0.418 e. The van der Waals surface area contributed by atoms with Gasteiger partial charge in [0, 0.05) is 12.6 Å². The van der Waals surface area contributed by atoms with Gasteiger partial charge in [0.25, 0.3) is 21.1 Å². The first kappa shape index (κ1) is 25.0. The summed E-state index contributed by atoms with van der Waals surface area (Å²) in [5.74, 6) is -0.302. The summed E-state index contributed by atoms with van der Waals surface area (Å²) in [5.41, 5.74) is -0.149. The Kier molecular flexibility index (Phi) is 6.32. The Morgan fingerprint density at radius 3 is 2.35 bits per heavy atom. The molecular weight excluding hydrogens is 527 g/mol. The number of hydrogen-bond acceptors (Lipinski definition) is 6. The third-order valence-corrected chi connectivity index (χ3v) is 8.70. The van der Waals surface area contributed by atoms with E-state index in [0.717, 1.165) is 17.4 Å². The van der Waals surface area contributed by atoms with Crippen molar-refractivity contribution in [1.82, 2.24) is 9.88 Å². The summed E-state index contributed by atoms with van der Waals surface area (Å²) < 4.78 is 72.7. The number of ether oxygens (including phenoxy) is 1. The van der Waals surface area contributed by atoms with Gasteiger partial charge in [0.15, 0.2) is 0 Å². The zero-order chi connectivity index (χ0) is 26.4. The molecule has 0 bridgehead atoms. The number of fused-ring (bicyclic) bond motifs is 1. The van der Waals surface area contributed by atoms with Crippen LogP contribution in [0.5, 0.6) is 5.19 Å². The molecule has 1 saturated heterocycles. The Bertz CT molecular complexity index is 1550. The summed E-state index contributed by atoms with van der Waals surface area (Å²) in [6.07, 6.45) is -4.92. The Morgan fingerprint density at radius 2 is 1.70 bits per heavy atom. The number of rotatable bonds is 6. The van der Waals surface area contributed by atoms with E-state index in [0.29, 0.717) is 16.0 Å². The van der Waals surface area contributed by atoms with E-state index in [4.69, 9.17) is 4.74 Å².